The van der Waals surface area contributed by atoms with Gasteiger partial charge in [0.15, 0.2) is 0 Å². The topological polar surface area (TPSA) is 91.0 Å². The van der Waals surface area contributed by atoms with E-state index in [0.717, 1.165) is 11.1 Å². The lowest BCUT2D eigenvalue weighted by molar-refractivity contribution is -0.159. The smallest absolute Gasteiger partial charge is 0.247 e. The van der Waals surface area contributed by atoms with E-state index >= 15 is 4.39 Å². The molecule has 1 aliphatic carbocycles. The number of nitrogens with zero attached hydrogens (tertiary/aromatic N) is 2. The summed E-state index contributed by atoms with van der Waals surface area (Å²) in [5.41, 5.74) is 3.10. The van der Waals surface area contributed by atoms with Crippen LogP contribution in [0.5, 0.6) is 0 Å². The number of rotatable bonds is 8. The quantitative estimate of drug-likeness (QED) is 0.513. The maximum atomic E-state index is 16.0. The van der Waals surface area contributed by atoms with Crippen molar-refractivity contribution in [1.82, 2.24) is 15.5 Å². The molecule has 220 valence electrons. The van der Waals surface area contributed by atoms with Crippen LogP contribution in [-0.2, 0) is 32.0 Å². The number of anilines is 1. The number of morpholine rings is 1. The molecule has 0 spiro atoms. The van der Waals surface area contributed by atoms with Crippen LogP contribution in [0.25, 0.3) is 0 Å². The predicted molar refractivity (Wildman–Crippen MR) is 155 cm³/mol. The van der Waals surface area contributed by atoms with Crippen LogP contribution >= 0.6 is 0 Å². The Morgan fingerprint density at radius 2 is 1.73 bits per heavy atom. The lowest BCUT2D eigenvalue weighted by Gasteiger charge is -2.46. The van der Waals surface area contributed by atoms with E-state index in [9.17, 15) is 14.4 Å². The Hall–Kier alpha value is -3.46. The second kappa shape index (κ2) is 12.2. The van der Waals surface area contributed by atoms with Gasteiger partial charge in [-0.15, -0.1) is 0 Å². The van der Waals surface area contributed by atoms with Crippen molar-refractivity contribution in [2.45, 2.75) is 71.1 Å². The monoisotopic (exact) mass is 564 g/mol. The highest BCUT2D eigenvalue weighted by Gasteiger charge is 2.51. The second-order valence-corrected chi connectivity index (χ2v) is 11.9. The van der Waals surface area contributed by atoms with Crippen molar-refractivity contribution in [2.75, 3.05) is 31.2 Å². The Morgan fingerprint density at radius 3 is 2.32 bits per heavy atom. The second-order valence-electron chi connectivity index (χ2n) is 11.9. The fraction of sp³-hybridized carbons (Fsp3) is 0.531. The number of halogens is 1. The molecule has 9 heteroatoms. The molecule has 2 aliphatic heterocycles. The standard InChI is InChI=1S/C32H41FN4O4/c1-5-20(4)28-30(38)35-27(23-16-21-8-6-7-9-22(21)17-23)32(40)37(28)29(31(39)34-19(2)3)25-11-10-24(18-26(25)33)36-12-14-41-15-13-36/h6-11,18-20,23,27-29H,5,12-17H2,1-4H3,(H,34,39)(H,35,38)/t20-,27-,28-,29-/m1/s1. The van der Waals surface area contributed by atoms with Crippen LogP contribution < -0.4 is 15.5 Å². The molecule has 0 aromatic heterocycles. The van der Waals surface area contributed by atoms with Gasteiger partial charge in [-0.25, -0.2) is 4.39 Å². The molecule has 41 heavy (non-hydrogen) atoms. The summed E-state index contributed by atoms with van der Waals surface area (Å²) in [5, 5.41) is 5.91. The van der Waals surface area contributed by atoms with Gasteiger partial charge in [0, 0.05) is 30.4 Å². The SMILES string of the molecule is CC[C@@H](C)[C@@H]1C(=O)N[C@H](C2Cc3ccccc3C2)C(=O)N1[C@@H](C(=O)NC(C)C)c1ccc(N2CCOCC2)cc1F. The van der Waals surface area contributed by atoms with Gasteiger partial charge in [0.2, 0.25) is 17.7 Å². The van der Waals surface area contributed by atoms with E-state index in [-0.39, 0.29) is 35.3 Å². The van der Waals surface area contributed by atoms with Crippen molar-refractivity contribution in [3.63, 3.8) is 0 Å². The first-order chi connectivity index (χ1) is 19.7. The molecule has 2 saturated heterocycles. The average molecular weight is 565 g/mol. The van der Waals surface area contributed by atoms with Crippen LogP contribution in [0.3, 0.4) is 0 Å². The van der Waals surface area contributed by atoms with Gasteiger partial charge in [0.05, 0.1) is 13.2 Å². The summed E-state index contributed by atoms with van der Waals surface area (Å²) in [4.78, 5) is 45.5. The van der Waals surface area contributed by atoms with E-state index in [1.54, 1.807) is 12.1 Å². The fourth-order valence-corrected chi connectivity index (χ4v) is 6.45. The van der Waals surface area contributed by atoms with Gasteiger partial charge in [0.1, 0.15) is 23.9 Å². The normalized spacial score (nSPS) is 22.9. The third kappa shape index (κ3) is 5.82. The molecule has 2 fully saturated rings. The van der Waals surface area contributed by atoms with Crippen molar-refractivity contribution >= 4 is 23.4 Å². The molecule has 3 aliphatic rings. The zero-order valence-electron chi connectivity index (χ0n) is 24.4. The van der Waals surface area contributed by atoms with Gasteiger partial charge < -0.3 is 25.2 Å². The van der Waals surface area contributed by atoms with Crippen LogP contribution in [0, 0.1) is 17.7 Å². The number of fused-ring (bicyclic) bond motifs is 1. The molecular weight excluding hydrogens is 523 g/mol. The van der Waals surface area contributed by atoms with Gasteiger partial charge in [-0.2, -0.15) is 0 Å². The number of ether oxygens (including phenoxy) is 1. The van der Waals surface area contributed by atoms with E-state index in [0.29, 0.717) is 51.3 Å². The summed E-state index contributed by atoms with van der Waals surface area (Å²) in [7, 11) is 0. The largest absolute Gasteiger partial charge is 0.378 e. The molecule has 2 aromatic carbocycles. The minimum Gasteiger partial charge on any atom is -0.378 e. The molecule has 0 radical (unpaired) electrons. The Labute approximate surface area is 241 Å². The lowest BCUT2D eigenvalue weighted by atomic mass is 9.85. The summed E-state index contributed by atoms with van der Waals surface area (Å²) in [5.74, 6) is -2.11. The van der Waals surface area contributed by atoms with Crippen molar-refractivity contribution in [3.8, 4) is 0 Å². The third-order valence-electron chi connectivity index (χ3n) is 8.74. The molecule has 2 heterocycles. The van der Waals surface area contributed by atoms with E-state index in [4.69, 9.17) is 4.74 Å². The van der Waals surface area contributed by atoms with Crippen molar-refractivity contribution in [3.05, 3.63) is 65.0 Å². The number of nitrogens with one attached hydrogen (secondary N) is 2. The zero-order chi connectivity index (χ0) is 29.3. The Balaban J connectivity index is 1.55. The molecule has 0 unspecified atom stereocenters. The van der Waals surface area contributed by atoms with Crippen LogP contribution in [0.4, 0.5) is 10.1 Å². The Morgan fingerprint density at radius 1 is 1.07 bits per heavy atom. The minimum atomic E-state index is -1.29. The van der Waals surface area contributed by atoms with Gasteiger partial charge >= 0.3 is 0 Å². The van der Waals surface area contributed by atoms with Crippen LogP contribution in [-0.4, -0.2) is 67.1 Å². The molecule has 0 saturated carbocycles. The van der Waals surface area contributed by atoms with E-state index in [1.165, 1.54) is 11.0 Å². The zero-order valence-corrected chi connectivity index (χ0v) is 24.4. The van der Waals surface area contributed by atoms with E-state index < -0.39 is 29.8 Å². The molecule has 2 N–H and O–H groups in total. The lowest BCUT2D eigenvalue weighted by Crippen LogP contribution is -2.68. The van der Waals surface area contributed by atoms with E-state index in [2.05, 4.69) is 22.8 Å². The summed E-state index contributed by atoms with van der Waals surface area (Å²) in [6.45, 7) is 9.88. The number of hydrogen-bond donors (Lipinski definition) is 2. The molecule has 4 atom stereocenters. The summed E-state index contributed by atoms with van der Waals surface area (Å²) >= 11 is 0. The van der Waals surface area contributed by atoms with E-state index in [1.807, 2.05) is 44.7 Å². The summed E-state index contributed by atoms with van der Waals surface area (Å²) in [6, 6.07) is 9.62. The van der Waals surface area contributed by atoms with Gasteiger partial charge in [-0.1, -0.05) is 50.6 Å². The highest BCUT2D eigenvalue weighted by Crippen LogP contribution is 2.37. The minimum absolute atomic E-state index is 0.0879. The highest BCUT2D eigenvalue weighted by atomic mass is 19.1. The van der Waals surface area contributed by atoms with Crippen molar-refractivity contribution in [1.29, 1.82) is 0 Å². The maximum absolute atomic E-state index is 16.0. The van der Waals surface area contributed by atoms with Gasteiger partial charge in [-0.05, 0) is 61.8 Å². The fourth-order valence-electron chi connectivity index (χ4n) is 6.45. The molecule has 2 aromatic rings. The molecule has 3 amide bonds. The van der Waals surface area contributed by atoms with Crippen LogP contribution in [0.15, 0.2) is 42.5 Å². The number of carbonyl (C=O) groups excluding carboxylic acids is 3. The number of amides is 3. The number of hydrogen-bond acceptors (Lipinski definition) is 5. The Kier molecular flexibility index (Phi) is 8.63. The van der Waals surface area contributed by atoms with Crippen molar-refractivity contribution in [2.24, 2.45) is 11.8 Å². The van der Waals surface area contributed by atoms with Gasteiger partial charge in [-0.3, -0.25) is 14.4 Å². The molecular formula is C32H41FN4O4. The maximum Gasteiger partial charge on any atom is 0.247 e. The first-order valence-corrected chi connectivity index (χ1v) is 14.8. The molecule has 0 bridgehead atoms. The summed E-state index contributed by atoms with van der Waals surface area (Å²) in [6.07, 6.45) is 1.92. The Bertz CT molecular complexity index is 1270. The number of carbonyl (C=O) groups is 3. The number of benzene rings is 2. The predicted octanol–water partition coefficient (Wildman–Crippen LogP) is 3.38. The molecule has 5 rings (SSSR count). The summed E-state index contributed by atoms with van der Waals surface area (Å²) < 4.78 is 21.5. The van der Waals surface area contributed by atoms with Crippen LogP contribution in [0.1, 0.15) is 56.8 Å². The molecule has 8 nitrogen and oxygen atoms in total. The first-order valence-electron chi connectivity index (χ1n) is 14.8. The van der Waals surface area contributed by atoms with Crippen LogP contribution in [0.2, 0.25) is 0 Å². The van der Waals surface area contributed by atoms with Gasteiger partial charge in [0.25, 0.3) is 0 Å². The van der Waals surface area contributed by atoms with Crippen molar-refractivity contribution < 1.29 is 23.5 Å². The third-order valence-corrected chi connectivity index (χ3v) is 8.74. The number of piperazine rings is 1. The first kappa shape index (κ1) is 29.0. The highest BCUT2D eigenvalue weighted by molar-refractivity contribution is 6.00. The average Bonchev–Trinajstić information content (AvgIpc) is 3.39.